The standard InChI is InChI=1S/C16H17BrN4OS/c1-10-8-11(2)20-16(19-10)23-12(3)15(22)21-18-9-13-4-6-14(17)7-5-13/h4-9,12H,1-3H3,(H,21,22)/b18-9+. The molecule has 0 saturated heterocycles. The molecule has 5 nitrogen and oxygen atoms in total. The molecule has 2 rings (SSSR count). The van der Waals surface area contributed by atoms with Crippen LogP contribution in [0.3, 0.4) is 0 Å². The minimum atomic E-state index is -0.335. The molecule has 2 aromatic rings. The van der Waals surface area contributed by atoms with Crippen LogP contribution in [0.25, 0.3) is 0 Å². The summed E-state index contributed by atoms with van der Waals surface area (Å²) in [6, 6.07) is 9.54. The lowest BCUT2D eigenvalue weighted by Crippen LogP contribution is -2.27. The number of carbonyl (C=O) groups excluding carboxylic acids is 1. The van der Waals surface area contributed by atoms with Gasteiger partial charge >= 0.3 is 0 Å². The highest BCUT2D eigenvalue weighted by Gasteiger charge is 2.15. The van der Waals surface area contributed by atoms with E-state index in [0.717, 1.165) is 21.4 Å². The summed E-state index contributed by atoms with van der Waals surface area (Å²) in [7, 11) is 0. The monoisotopic (exact) mass is 392 g/mol. The Bertz CT molecular complexity index is 698. The lowest BCUT2D eigenvalue weighted by Gasteiger charge is -2.09. The highest BCUT2D eigenvalue weighted by molar-refractivity contribution is 9.10. The number of amides is 1. The maximum Gasteiger partial charge on any atom is 0.253 e. The van der Waals surface area contributed by atoms with Gasteiger partial charge in [0.15, 0.2) is 5.16 Å². The number of halogens is 1. The number of rotatable bonds is 5. The molecule has 1 atom stereocenters. The Morgan fingerprint density at radius 1 is 1.26 bits per heavy atom. The van der Waals surface area contributed by atoms with Gasteiger partial charge < -0.3 is 0 Å². The first kappa shape index (κ1) is 17.6. The van der Waals surface area contributed by atoms with Crippen LogP contribution in [-0.2, 0) is 4.79 Å². The Hall–Kier alpha value is -1.73. The van der Waals surface area contributed by atoms with Crippen molar-refractivity contribution in [2.24, 2.45) is 5.10 Å². The Morgan fingerprint density at radius 2 is 1.87 bits per heavy atom. The lowest BCUT2D eigenvalue weighted by molar-refractivity contribution is -0.120. The number of hydrogen-bond donors (Lipinski definition) is 1. The molecule has 1 heterocycles. The molecule has 7 heteroatoms. The molecule has 0 aliphatic heterocycles. The smallest absolute Gasteiger partial charge is 0.253 e. The van der Waals surface area contributed by atoms with Gasteiger partial charge in [-0.25, -0.2) is 15.4 Å². The Kier molecular flexibility index (Phi) is 6.29. The number of benzene rings is 1. The summed E-state index contributed by atoms with van der Waals surface area (Å²) in [4.78, 5) is 20.7. The fraction of sp³-hybridized carbons (Fsp3) is 0.250. The van der Waals surface area contributed by atoms with E-state index in [1.54, 1.807) is 13.1 Å². The first-order valence-corrected chi connectivity index (χ1v) is 8.69. The van der Waals surface area contributed by atoms with Gasteiger partial charge in [0.1, 0.15) is 0 Å². The van der Waals surface area contributed by atoms with E-state index < -0.39 is 0 Å². The maximum absolute atomic E-state index is 12.1. The zero-order valence-electron chi connectivity index (χ0n) is 13.1. The number of aryl methyl sites for hydroxylation is 2. The fourth-order valence-corrected chi connectivity index (χ4v) is 2.90. The van der Waals surface area contributed by atoms with Gasteiger partial charge in [-0.15, -0.1) is 0 Å². The van der Waals surface area contributed by atoms with Crippen LogP contribution in [0.4, 0.5) is 0 Å². The van der Waals surface area contributed by atoms with Crippen molar-refractivity contribution >= 4 is 39.8 Å². The molecule has 120 valence electrons. The molecule has 0 aliphatic carbocycles. The van der Waals surface area contributed by atoms with Crippen molar-refractivity contribution in [3.05, 3.63) is 51.8 Å². The quantitative estimate of drug-likeness (QED) is 0.366. The largest absolute Gasteiger partial charge is 0.272 e. The molecule has 0 spiro atoms. The van der Waals surface area contributed by atoms with Crippen LogP contribution < -0.4 is 5.43 Å². The Morgan fingerprint density at radius 3 is 2.48 bits per heavy atom. The van der Waals surface area contributed by atoms with Crippen molar-refractivity contribution in [2.75, 3.05) is 0 Å². The van der Waals surface area contributed by atoms with Crippen LogP contribution in [0.5, 0.6) is 0 Å². The Labute approximate surface area is 148 Å². The van der Waals surface area contributed by atoms with Gasteiger partial charge in [0, 0.05) is 15.9 Å². The second kappa shape index (κ2) is 8.21. The van der Waals surface area contributed by atoms with Crippen molar-refractivity contribution in [1.29, 1.82) is 0 Å². The van der Waals surface area contributed by atoms with Gasteiger partial charge in [-0.3, -0.25) is 4.79 Å². The van der Waals surface area contributed by atoms with Gasteiger partial charge in [-0.2, -0.15) is 5.10 Å². The second-order valence-electron chi connectivity index (χ2n) is 4.98. The van der Waals surface area contributed by atoms with E-state index in [4.69, 9.17) is 0 Å². The van der Waals surface area contributed by atoms with Gasteiger partial charge in [-0.05, 0) is 44.5 Å². The minimum Gasteiger partial charge on any atom is -0.272 e. The topological polar surface area (TPSA) is 67.2 Å². The number of nitrogens with zero attached hydrogens (tertiary/aromatic N) is 3. The molecule has 0 radical (unpaired) electrons. The summed E-state index contributed by atoms with van der Waals surface area (Å²) in [5.74, 6) is -0.189. The summed E-state index contributed by atoms with van der Waals surface area (Å²) in [6.07, 6.45) is 1.61. The molecule has 1 aromatic carbocycles. The van der Waals surface area contributed by atoms with E-state index >= 15 is 0 Å². The Balaban J connectivity index is 1.90. The van der Waals surface area contributed by atoms with Gasteiger partial charge in [0.25, 0.3) is 5.91 Å². The average Bonchev–Trinajstić information content (AvgIpc) is 2.48. The van der Waals surface area contributed by atoms with Crippen LogP contribution in [0.2, 0.25) is 0 Å². The maximum atomic E-state index is 12.1. The summed E-state index contributed by atoms with van der Waals surface area (Å²) in [5.41, 5.74) is 5.23. The number of aromatic nitrogens is 2. The third-order valence-electron chi connectivity index (χ3n) is 2.87. The summed E-state index contributed by atoms with van der Waals surface area (Å²) >= 11 is 4.68. The highest BCUT2D eigenvalue weighted by Crippen LogP contribution is 2.20. The zero-order chi connectivity index (χ0) is 16.8. The third kappa shape index (κ3) is 5.76. The van der Waals surface area contributed by atoms with Crippen molar-refractivity contribution in [3.63, 3.8) is 0 Å². The second-order valence-corrected chi connectivity index (χ2v) is 7.20. The van der Waals surface area contributed by atoms with Gasteiger partial charge in [-0.1, -0.05) is 39.8 Å². The molecule has 1 aromatic heterocycles. The van der Waals surface area contributed by atoms with Crippen LogP contribution in [0.1, 0.15) is 23.9 Å². The highest BCUT2D eigenvalue weighted by atomic mass is 79.9. The number of hydrazone groups is 1. The number of thioether (sulfide) groups is 1. The first-order chi connectivity index (χ1) is 10.9. The van der Waals surface area contributed by atoms with E-state index in [-0.39, 0.29) is 11.2 Å². The van der Waals surface area contributed by atoms with E-state index in [0.29, 0.717) is 5.16 Å². The summed E-state index contributed by atoms with van der Waals surface area (Å²) in [5, 5.41) is 4.24. The van der Waals surface area contributed by atoms with Crippen LogP contribution in [0, 0.1) is 13.8 Å². The average molecular weight is 393 g/mol. The molecule has 23 heavy (non-hydrogen) atoms. The SMILES string of the molecule is Cc1cc(C)nc(SC(C)C(=O)N/N=C/c2ccc(Br)cc2)n1. The zero-order valence-corrected chi connectivity index (χ0v) is 15.5. The summed E-state index contributed by atoms with van der Waals surface area (Å²) in [6.45, 7) is 5.62. The molecule has 0 saturated carbocycles. The number of carbonyl (C=O) groups is 1. The first-order valence-electron chi connectivity index (χ1n) is 7.01. The molecule has 1 amide bonds. The third-order valence-corrected chi connectivity index (χ3v) is 4.36. The van der Waals surface area contributed by atoms with Crippen LogP contribution in [-0.4, -0.2) is 27.3 Å². The number of hydrogen-bond acceptors (Lipinski definition) is 5. The van der Waals surface area contributed by atoms with Gasteiger partial charge in [0.05, 0.1) is 11.5 Å². The molecular formula is C16H17BrN4OS. The predicted molar refractivity (Wildman–Crippen MR) is 96.7 cm³/mol. The summed E-state index contributed by atoms with van der Waals surface area (Å²) < 4.78 is 0.997. The van der Waals surface area contributed by atoms with E-state index in [1.165, 1.54) is 11.8 Å². The molecule has 0 bridgehead atoms. The van der Waals surface area contributed by atoms with E-state index in [1.807, 2.05) is 44.2 Å². The molecule has 0 aliphatic rings. The van der Waals surface area contributed by atoms with E-state index in [2.05, 4.69) is 36.4 Å². The van der Waals surface area contributed by atoms with Crippen LogP contribution in [0.15, 0.2) is 45.1 Å². The molecule has 0 fully saturated rings. The van der Waals surface area contributed by atoms with Gasteiger partial charge in [0.2, 0.25) is 0 Å². The normalized spacial score (nSPS) is 12.3. The molecule has 1 unspecified atom stereocenters. The molecule has 1 N–H and O–H groups in total. The fourth-order valence-electron chi connectivity index (χ4n) is 1.77. The lowest BCUT2D eigenvalue weighted by atomic mass is 10.2. The number of nitrogens with one attached hydrogen (secondary N) is 1. The van der Waals surface area contributed by atoms with Crippen LogP contribution >= 0.6 is 27.7 Å². The minimum absolute atomic E-state index is 0.189. The van der Waals surface area contributed by atoms with Crippen molar-refractivity contribution < 1.29 is 4.79 Å². The van der Waals surface area contributed by atoms with Crippen molar-refractivity contribution in [2.45, 2.75) is 31.2 Å². The van der Waals surface area contributed by atoms with E-state index in [9.17, 15) is 4.79 Å². The predicted octanol–water partition coefficient (Wildman–Crippen LogP) is 3.49. The molecular weight excluding hydrogens is 376 g/mol. The van der Waals surface area contributed by atoms with Crippen molar-refractivity contribution in [3.8, 4) is 0 Å². The van der Waals surface area contributed by atoms with Crippen molar-refractivity contribution in [1.82, 2.24) is 15.4 Å².